The van der Waals surface area contributed by atoms with Gasteiger partial charge in [-0.2, -0.15) is 0 Å². The van der Waals surface area contributed by atoms with Crippen LogP contribution in [0.5, 0.6) is 0 Å². The Morgan fingerprint density at radius 2 is 1.57 bits per heavy atom. The lowest BCUT2D eigenvalue weighted by Crippen LogP contribution is -2.36. The molecular weight excluding hydrogens is 425 g/mol. The predicted molar refractivity (Wildman–Crippen MR) is 108 cm³/mol. The molecule has 0 bridgehead atoms. The molecule has 0 aliphatic heterocycles. The van der Waals surface area contributed by atoms with Gasteiger partial charge in [-0.3, -0.25) is 9.59 Å². The highest BCUT2D eigenvalue weighted by atomic mass is 35.5. The van der Waals surface area contributed by atoms with Crippen LogP contribution in [0.3, 0.4) is 0 Å². The molecule has 0 aliphatic rings. The van der Waals surface area contributed by atoms with Crippen molar-refractivity contribution in [1.29, 1.82) is 0 Å². The summed E-state index contributed by atoms with van der Waals surface area (Å²) >= 11 is 11.5. The Kier molecular flexibility index (Phi) is 8.25. The standard InChI is InChI=1S/C18H19Cl2N3O4S/c19-14-6-4-13(5-7-14)18(25)22-9-8-17(24)21-10-11-23-28(26,27)16-3-1-2-15(20)12-16/h1-7,12,23H,8-11H2,(H,21,24)(H,22,25). The van der Waals surface area contributed by atoms with Gasteiger partial charge in [0.15, 0.2) is 0 Å². The van der Waals surface area contributed by atoms with E-state index in [2.05, 4.69) is 15.4 Å². The van der Waals surface area contributed by atoms with Crippen LogP contribution < -0.4 is 15.4 Å². The zero-order valence-electron chi connectivity index (χ0n) is 14.7. The second-order valence-corrected chi connectivity index (χ2v) is 8.36. The van der Waals surface area contributed by atoms with Gasteiger partial charge in [0.25, 0.3) is 5.91 Å². The summed E-state index contributed by atoms with van der Waals surface area (Å²) in [6, 6.07) is 12.3. The van der Waals surface area contributed by atoms with Crippen LogP contribution in [0.4, 0.5) is 0 Å². The molecule has 0 radical (unpaired) electrons. The topological polar surface area (TPSA) is 104 Å². The predicted octanol–water partition coefficient (Wildman–Crippen LogP) is 2.21. The lowest BCUT2D eigenvalue weighted by molar-refractivity contribution is -0.120. The van der Waals surface area contributed by atoms with Crippen molar-refractivity contribution in [3.05, 3.63) is 64.1 Å². The summed E-state index contributed by atoms with van der Waals surface area (Å²) < 4.78 is 26.6. The molecule has 0 fully saturated rings. The zero-order chi connectivity index (χ0) is 20.6. The number of benzene rings is 2. The highest BCUT2D eigenvalue weighted by Crippen LogP contribution is 2.14. The molecular formula is C18H19Cl2N3O4S. The molecule has 2 aromatic rings. The number of hydrogen-bond donors (Lipinski definition) is 3. The van der Waals surface area contributed by atoms with Gasteiger partial charge in [-0.1, -0.05) is 29.3 Å². The van der Waals surface area contributed by atoms with Crippen LogP contribution in [0.25, 0.3) is 0 Å². The minimum atomic E-state index is -3.69. The van der Waals surface area contributed by atoms with E-state index in [1.165, 1.54) is 18.2 Å². The first kappa shape index (κ1) is 22.2. The fourth-order valence-corrected chi connectivity index (χ4v) is 3.64. The summed E-state index contributed by atoms with van der Waals surface area (Å²) in [4.78, 5) is 23.7. The molecule has 0 unspecified atom stereocenters. The second-order valence-electron chi connectivity index (χ2n) is 5.72. The van der Waals surface area contributed by atoms with Crippen LogP contribution in [0.1, 0.15) is 16.8 Å². The monoisotopic (exact) mass is 443 g/mol. The van der Waals surface area contributed by atoms with Gasteiger partial charge in [0.05, 0.1) is 4.90 Å². The van der Waals surface area contributed by atoms with Gasteiger partial charge in [0.2, 0.25) is 15.9 Å². The average Bonchev–Trinajstić information content (AvgIpc) is 2.66. The Hall–Kier alpha value is -2.13. The normalized spacial score (nSPS) is 11.1. The Bertz CT molecular complexity index is 934. The Morgan fingerprint density at radius 1 is 0.857 bits per heavy atom. The van der Waals surface area contributed by atoms with Crippen LogP contribution in [0, 0.1) is 0 Å². The van der Waals surface area contributed by atoms with E-state index >= 15 is 0 Å². The summed E-state index contributed by atoms with van der Waals surface area (Å²) in [5.74, 6) is -0.614. The molecule has 28 heavy (non-hydrogen) atoms. The molecule has 2 rings (SSSR count). The van der Waals surface area contributed by atoms with Gasteiger partial charge in [-0.15, -0.1) is 0 Å². The van der Waals surface area contributed by atoms with E-state index in [1.807, 2.05) is 0 Å². The average molecular weight is 444 g/mol. The van der Waals surface area contributed by atoms with Crippen molar-refractivity contribution in [2.75, 3.05) is 19.6 Å². The van der Waals surface area contributed by atoms with E-state index in [0.717, 1.165) is 0 Å². The quantitative estimate of drug-likeness (QED) is 0.516. The second kappa shape index (κ2) is 10.4. The summed E-state index contributed by atoms with van der Waals surface area (Å²) in [7, 11) is -3.69. The van der Waals surface area contributed by atoms with Crippen molar-refractivity contribution >= 4 is 45.0 Å². The van der Waals surface area contributed by atoms with Gasteiger partial charge in [-0.25, -0.2) is 13.1 Å². The molecule has 2 aromatic carbocycles. The van der Waals surface area contributed by atoms with E-state index in [0.29, 0.717) is 15.6 Å². The van der Waals surface area contributed by atoms with Gasteiger partial charge in [0, 0.05) is 41.7 Å². The van der Waals surface area contributed by atoms with E-state index in [9.17, 15) is 18.0 Å². The Morgan fingerprint density at radius 3 is 2.25 bits per heavy atom. The molecule has 0 aromatic heterocycles. The maximum Gasteiger partial charge on any atom is 0.251 e. The van der Waals surface area contributed by atoms with Crippen LogP contribution in [-0.4, -0.2) is 39.9 Å². The molecule has 7 nitrogen and oxygen atoms in total. The fraction of sp³-hybridized carbons (Fsp3) is 0.222. The van der Waals surface area contributed by atoms with Crippen molar-refractivity contribution in [1.82, 2.24) is 15.4 Å². The number of rotatable bonds is 9. The first-order valence-electron chi connectivity index (χ1n) is 8.33. The molecule has 0 aliphatic carbocycles. The van der Waals surface area contributed by atoms with Crippen molar-refractivity contribution in [2.45, 2.75) is 11.3 Å². The molecule has 0 heterocycles. The van der Waals surface area contributed by atoms with Crippen LogP contribution in [0.15, 0.2) is 53.4 Å². The number of amides is 2. The number of carbonyl (C=O) groups excluding carboxylic acids is 2. The largest absolute Gasteiger partial charge is 0.355 e. The van der Waals surface area contributed by atoms with Gasteiger partial charge in [0.1, 0.15) is 0 Å². The van der Waals surface area contributed by atoms with Crippen molar-refractivity contribution in [3.63, 3.8) is 0 Å². The minimum Gasteiger partial charge on any atom is -0.355 e. The number of hydrogen-bond acceptors (Lipinski definition) is 4. The van der Waals surface area contributed by atoms with Gasteiger partial charge in [-0.05, 0) is 42.5 Å². The van der Waals surface area contributed by atoms with E-state index in [4.69, 9.17) is 23.2 Å². The van der Waals surface area contributed by atoms with Crippen molar-refractivity contribution in [2.24, 2.45) is 0 Å². The zero-order valence-corrected chi connectivity index (χ0v) is 17.1. The smallest absolute Gasteiger partial charge is 0.251 e. The molecule has 2 amide bonds. The lowest BCUT2D eigenvalue weighted by Gasteiger charge is -2.09. The molecule has 3 N–H and O–H groups in total. The highest BCUT2D eigenvalue weighted by Gasteiger charge is 2.13. The summed E-state index contributed by atoms with van der Waals surface area (Å²) in [6.07, 6.45) is 0.0698. The molecule has 0 spiro atoms. The van der Waals surface area contributed by atoms with Crippen molar-refractivity contribution < 1.29 is 18.0 Å². The fourth-order valence-electron chi connectivity index (χ4n) is 2.19. The Labute approximate surface area is 173 Å². The number of halogens is 2. The molecule has 10 heteroatoms. The molecule has 0 saturated carbocycles. The first-order chi connectivity index (χ1) is 13.3. The maximum absolute atomic E-state index is 12.1. The summed E-state index contributed by atoms with van der Waals surface area (Å²) in [5.41, 5.74) is 0.445. The molecule has 150 valence electrons. The van der Waals surface area contributed by atoms with Gasteiger partial charge >= 0.3 is 0 Å². The molecule has 0 atom stereocenters. The minimum absolute atomic E-state index is 0.0255. The summed E-state index contributed by atoms with van der Waals surface area (Å²) in [6.45, 7) is 0.295. The van der Waals surface area contributed by atoms with Crippen LogP contribution >= 0.6 is 23.2 Å². The number of carbonyl (C=O) groups is 2. The summed E-state index contributed by atoms with van der Waals surface area (Å²) in [5, 5.41) is 6.05. The van der Waals surface area contributed by atoms with Crippen LogP contribution in [0.2, 0.25) is 10.0 Å². The highest BCUT2D eigenvalue weighted by molar-refractivity contribution is 7.89. The van der Waals surface area contributed by atoms with E-state index < -0.39 is 10.0 Å². The third kappa shape index (κ3) is 7.12. The Balaban J connectivity index is 1.66. The third-order valence-corrected chi connectivity index (χ3v) is 5.54. The number of sulfonamides is 1. The van der Waals surface area contributed by atoms with Crippen LogP contribution in [-0.2, 0) is 14.8 Å². The van der Waals surface area contributed by atoms with Gasteiger partial charge < -0.3 is 10.6 Å². The third-order valence-electron chi connectivity index (χ3n) is 3.59. The SMILES string of the molecule is O=C(CCNC(=O)c1ccc(Cl)cc1)NCCNS(=O)(=O)c1cccc(Cl)c1. The maximum atomic E-state index is 12.1. The lowest BCUT2D eigenvalue weighted by atomic mass is 10.2. The molecule has 0 saturated heterocycles. The number of nitrogens with one attached hydrogen (secondary N) is 3. The van der Waals surface area contributed by atoms with E-state index in [-0.39, 0.29) is 42.8 Å². The first-order valence-corrected chi connectivity index (χ1v) is 10.6. The van der Waals surface area contributed by atoms with Crippen molar-refractivity contribution in [3.8, 4) is 0 Å². The van der Waals surface area contributed by atoms with E-state index in [1.54, 1.807) is 30.3 Å².